The van der Waals surface area contributed by atoms with Crippen molar-refractivity contribution in [1.82, 2.24) is 0 Å². The lowest BCUT2D eigenvalue weighted by molar-refractivity contribution is -0.167. The van der Waals surface area contributed by atoms with E-state index in [4.69, 9.17) is 14.2 Å². The molecule has 0 radical (unpaired) electrons. The molecule has 0 aliphatic rings. The summed E-state index contributed by atoms with van der Waals surface area (Å²) in [5, 5.41) is 0. The average Bonchev–Trinajstić information content (AvgIpc) is 3.30. The van der Waals surface area contributed by atoms with E-state index in [1.165, 1.54) is 231 Å². The Hall–Kier alpha value is -1.59. The van der Waals surface area contributed by atoms with Crippen molar-refractivity contribution in [2.24, 2.45) is 5.92 Å². The molecule has 0 saturated heterocycles. The van der Waals surface area contributed by atoms with E-state index in [1.54, 1.807) is 0 Å². The van der Waals surface area contributed by atoms with Crippen LogP contribution in [-0.2, 0) is 28.6 Å². The number of ether oxygens (including phenoxy) is 3. The minimum atomic E-state index is -0.761. The minimum Gasteiger partial charge on any atom is -0.462 e. The molecule has 0 aliphatic carbocycles. The van der Waals surface area contributed by atoms with Gasteiger partial charge in [-0.2, -0.15) is 0 Å². The van der Waals surface area contributed by atoms with Crippen LogP contribution >= 0.6 is 0 Å². The Labute approximate surface area is 406 Å². The topological polar surface area (TPSA) is 78.9 Å². The van der Waals surface area contributed by atoms with Crippen LogP contribution in [0, 0.1) is 5.92 Å². The Bertz CT molecular complexity index is 982. The fourth-order valence-corrected chi connectivity index (χ4v) is 9.07. The van der Waals surface area contributed by atoms with E-state index in [0.717, 1.165) is 63.7 Å². The lowest BCUT2D eigenvalue weighted by Crippen LogP contribution is -2.30. The molecular formula is C59H114O6. The smallest absolute Gasteiger partial charge is 0.306 e. The number of hydrogen-bond donors (Lipinski definition) is 0. The SMILES string of the molecule is CCCCCCCCCCCCCCCCCCC(=O)OC[C@H](COC(=O)CCCCCCCCCCCCCCCCC(C)CC)OC(=O)CCCCCCCCCCCCCCC. The highest BCUT2D eigenvalue weighted by molar-refractivity contribution is 5.71. The van der Waals surface area contributed by atoms with Gasteiger partial charge in [0.15, 0.2) is 6.10 Å². The van der Waals surface area contributed by atoms with E-state index in [-0.39, 0.29) is 31.1 Å². The van der Waals surface area contributed by atoms with Gasteiger partial charge in [-0.1, -0.05) is 297 Å². The van der Waals surface area contributed by atoms with Crippen LogP contribution in [0.3, 0.4) is 0 Å². The lowest BCUT2D eigenvalue weighted by atomic mass is 9.99. The van der Waals surface area contributed by atoms with Crippen molar-refractivity contribution in [3.8, 4) is 0 Å². The molecule has 1 unspecified atom stereocenters. The highest BCUT2D eigenvalue weighted by Crippen LogP contribution is 2.18. The third kappa shape index (κ3) is 51.6. The Kier molecular flexibility index (Phi) is 52.1. The average molecular weight is 920 g/mol. The standard InChI is InChI=1S/C59H114O6/c1-5-8-10-12-14-16-18-20-21-22-27-30-34-38-42-46-50-57(60)63-53-56(65-59(62)52-48-44-40-36-32-25-19-17-15-13-11-9-6-2)54-64-58(61)51-47-43-39-35-31-28-24-23-26-29-33-37-41-45-49-55(4)7-3/h55-56H,5-54H2,1-4H3/t55?,56-/m1/s1. The summed E-state index contributed by atoms with van der Waals surface area (Å²) in [6.07, 6.45) is 58.0. The maximum absolute atomic E-state index is 12.8. The summed E-state index contributed by atoms with van der Waals surface area (Å²) in [6.45, 7) is 9.10. The number of esters is 3. The molecule has 0 amide bonds. The molecule has 0 spiro atoms. The van der Waals surface area contributed by atoms with Crippen molar-refractivity contribution in [2.75, 3.05) is 13.2 Å². The van der Waals surface area contributed by atoms with E-state index in [9.17, 15) is 14.4 Å². The van der Waals surface area contributed by atoms with Gasteiger partial charge in [0.1, 0.15) is 13.2 Å². The number of carbonyl (C=O) groups excluding carboxylic acids is 3. The molecule has 0 bridgehead atoms. The third-order valence-electron chi connectivity index (χ3n) is 13.9. The molecule has 0 aromatic carbocycles. The summed E-state index contributed by atoms with van der Waals surface area (Å²) in [4.78, 5) is 38.1. The fraction of sp³-hybridized carbons (Fsp3) is 0.949. The molecule has 0 rings (SSSR count). The zero-order valence-electron chi connectivity index (χ0n) is 44.5. The van der Waals surface area contributed by atoms with E-state index >= 15 is 0 Å². The zero-order chi connectivity index (χ0) is 47.4. The van der Waals surface area contributed by atoms with Gasteiger partial charge in [-0.15, -0.1) is 0 Å². The lowest BCUT2D eigenvalue weighted by Gasteiger charge is -2.18. The van der Waals surface area contributed by atoms with Gasteiger partial charge >= 0.3 is 17.9 Å². The molecule has 0 N–H and O–H groups in total. The summed E-state index contributed by atoms with van der Waals surface area (Å²) in [5.41, 5.74) is 0. The van der Waals surface area contributed by atoms with Crippen LogP contribution in [0.2, 0.25) is 0 Å². The maximum Gasteiger partial charge on any atom is 0.306 e. The molecule has 0 aromatic heterocycles. The van der Waals surface area contributed by atoms with Crippen molar-refractivity contribution in [2.45, 2.75) is 342 Å². The molecule has 2 atom stereocenters. The third-order valence-corrected chi connectivity index (χ3v) is 13.9. The van der Waals surface area contributed by atoms with Crippen LogP contribution in [0.25, 0.3) is 0 Å². The zero-order valence-corrected chi connectivity index (χ0v) is 44.5. The number of rotatable bonds is 54. The molecule has 0 fully saturated rings. The van der Waals surface area contributed by atoms with Crippen molar-refractivity contribution in [3.63, 3.8) is 0 Å². The Balaban J connectivity index is 4.27. The van der Waals surface area contributed by atoms with Gasteiger partial charge in [-0.3, -0.25) is 14.4 Å². The molecule has 6 nitrogen and oxygen atoms in total. The van der Waals surface area contributed by atoms with Crippen LogP contribution < -0.4 is 0 Å². The van der Waals surface area contributed by atoms with Crippen molar-refractivity contribution >= 4 is 17.9 Å². The first-order chi connectivity index (χ1) is 31.9. The number of carbonyl (C=O) groups is 3. The first kappa shape index (κ1) is 63.4. The normalized spacial score (nSPS) is 12.4. The van der Waals surface area contributed by atoms with Crippen molar-refractivity contribution in [1.29, 1.82) is 0 Å². The predicted molar refractivity (Wildman–Crippen MR) is 280 cm³/mol. The van der Waals surface area contributed by atoms with E-state index in [0.29, 0.717) is 19.3 Å². The van der Waals surface area contributed by atoms with Gasteiger partial charge in [-0.05, 0) is 25.2 Å². The maximum atomic E-state index is 12.8. The minimum absolute atomic E-state index is 0.0617. The van der Waals surface area contributed by atoms with Gasteiger partial charge in [0.05, 0.1) is 0 Å². The van der Waals surface area contributed by atoms with Crippen LogP contribution in [0.1, 0.15) is 336 Å². The second-order valence-electron chi connectivity index (χ2n) is 20.5. The number of unbranched alkanes of at least 4 members (excludes halogenated alkanes) is 40. The second-order valence-corrected chi connectivity index (χ2v) is 20.5. The van der Waals surface area contributed by atoms with Crippen LogP contribution in [0.5, 0.6) is 0 Å². The van der Waals surface area contributed by atoms with Crippen LogP contribution in [-0.4, -0.2) is 37.2 Å². The molecule has 0 aromatic rings. The van der Waals surface area contributed by atoms with Gasteiger partial charge in [0.2, 0.25) is 0 Å². The van der Waals surface area contributed by atoms with E-state index < -0.39 is 6.10 Å². The monoisotopic (exact) mass is 919 g/mol. The Morgan fingerprint density at radius 1 is 0.308 bits per heavy atom. The predicted octanol–water partition coefficient (Wildman–Crippen LogP) is 19.4. The second kappa shape index (κ2) is 53.4. The van der Waals surface area contributed by atoms with Crippen LogP contribution in [0.4, 0.5) is 0 Å². The summed E-state index contributed by atoms with van der Waals surface area (Å²) in [7, 11) is 0. The summed E-state index contributed by atoms with van der Waals surface area (Å²) in [6, 6.07) is 0. The Morgan fingerprint density at radius 2 is 0.538 bits per heavy atom. The quantitative estimate of drug-likeness (QED) is 0.0344. The van der Waals surface area contributed by atoms with Gasteiger partial charge in [-0.25, -0.2) is 0 Å². The Morgan fingerprint density at radius 3 is 0.800 bits per heavy atom. The van der Waals surface area contributed by atoms with Crippen LogP contribution in [0.15, 0.2) is 0 Å². The van der Waals surface area contributed by atoms with Gasteiger partial charge in [0.25, 0.3) is 0 Å². The summed E-state index contributed by atoms with van der Waals surface area (Å²) in [5.74, 6) is 0.0620. The highest BCUT2D eigenvalue weighted by Gasteiger charge is 2.19. The largest absolute Gasteiger partial charge is 0.462 e. The molecule has 0 saturated carbocycles. The van der Waals surface area contributed by atoms with Gasteiger partial charge < -0.3 is 14.2 Å². The molecule has 65 heavy (non-hydrogen) atoms. The highest BCUT2D eigenvalue weighted by atomic mass is 16.6. The molecule has 386 valence electrons. The molecular weight excluding hydrogens is 805 g/mol. The van der Waals surface area contributed by atoms with E-state index in [1.807, 2.05) is 0 Å². The summed E-state index contributed by atoms with van der Waals surface area (Å²) >= 11 is 0. The van der Waals surface area contributed by atoms with Crippen molar-refractivity contribution in [3.05, 3.63) is 0 Å². The van der Waals surface area contributed by atoms with Crippen molar-refractivity contribution < 1.29 is 28.6 Å². The van der Waals surface area contributed by atoms with E-state index in [2.05, 4.69) is 27.7 Å². The van der Waals surface area contributed by atoms with Gasteiger partial charge in [0, 0.05) is 19.3 Å². The first-order valence-electron chi connectivity index (χ1n) is 29.4. The first-order valence-corrected chi connectivity index (χ1v) is 29.4. The molecule has 0 heterocycles. The fourth-order valence-electron chi connectivity index (χ4n) is 9.07. The number of hydrogen-bond acceptors (Lipinski definition) is 6. The molecule has 6 heteroatoms. The summed E-state index contributed by atoms with van der Waals surface area (Å²) < 4.78 is 16.9. The molecule has 0 aliphatic heterocycles.